The Morgan fingerprint density at radius 3 is 2.33 bits per heavy atom. The van der Waals surface area contributed by atoms with Gasteiger partial charge in [0.15, 0.2) is 0 Å². The van der Waals surface area contributed by atoms with E-state index in [2.05, 4.69) is 21.2 Å². The van der Waals surface area contributed by atoms with Gasteiger partial charge in [-0.3, -0.25) is 0 Å². The quantitative estimate of drug-likeness (QED) is 0.722. The van der Waals surface area contributed by atoms with Crippen molar-refractivity contribution in [2.45, 2.75) is 12.7 Å². The first kappa shape index (κ1) is 15.8. The number of nitrogens with one attached hydrogen (secondary N) is 1. The van der Waals surface area contributed by atoms with Crippen molar-refractivity contribution in [2.24, 2.45) is 0 Å². The highest BCUT2D eigenvalue weighted by molar-refractivity contribution is 9.10. The van der Waals surface area contributed by atoms with Crippen molar-refractivity contribution in [3.05, 3.63) is 63.6 Å². The molecule has 0 aliphatic carbocycles. The van der Waals surface area contributed by atoms with E-state index in [4.69, 9.17) is 0 Å². The molecule has 2 aromatic carbocycles. The van der Waals surface area contributed by atoms with Gasteiger partial charge in [0.05, 0.1) is 5.56 Å². The second-order valence-corrected chi connectivity index (χ2v) is 5.14. The van der Waals surface area contributed by atoms with E-state index in [0.29, 0.717) is 4.47 Å². The van der Waals surface area contributed by atoms with Crippen molar-refractivity contribution in [2.75, 3.05) is 5.32 Å². The summed E-state index contributed by atoms with van der Waals surface area (Å²) in [6, 6.07) is 6.16. The lowest BCUT2D eigenvalue weighted by molar-refractivity contribution is -0.137. The lowest BCUT2D eigenvalue weighted by atomic mass is 10.1. The largest absolute Gasteiger partial charge is 0.416 e. The summed E-state index contributed by atoms with van der Waals surface area (Å²) in [6.45, 7) is -0.0635. The molecule has 0 unspecified atom stereocenters. The van der Waals surface area contributed by atoms with Crippen molar-refractivity contribution in [3.63, 3.8) is 0 Å². The van der Waals surface area contributed by atoms with Gasteiger partial charge in [-0.05, 0) is 40.2 Å². The molecule has 112 valence electrons. The summed E-state index contributed by atoms with van der Waals surface area (Å²) in [4.78, 5) is 0. The number of hydrogen-bond donors (Lipinski definition) is 1. The van der Waals surface area contributed by atoms with E-state index in [1.165, 1.54) is 12.1 Å². The van der Waals surface area contributed by atoms with E-state index < -0.39 is 23.4 Å². The zero-order valence-electron chi connectivity index (χ0n) is 10.4. The normalized spacial score (nSPS) is 11.5. The molecule has 2 rings (SSSR count). The topological polar surface area (TPSA) is 12.0 Å². The standard InChI is InChI=1S/C14H9BrF5N/c15-11-4-2-9(14(18,19)20)5-13(11)21-7-8-1-3-10(16)6-12(8)17/h1-6,21H,7H2. The third-order valence-corrected chi connectivity index (χ3v) is 3.47. The number of hydrogen-bond acceptors (Lipinski definition) is 1. The first-order valence-corrected chi connectivity index (χ1v) is 6.61. The highest BCUT2D eigenvalue weighted by Gasteiger charge is 2.30. The molecule has 1 nitrogen and oxygen atoms in total. The summed E-state index contributed by atoms with van der Waals surface area (Å²) in [5.74, 6) is -1.47. The van der Waals surface area contributed by atoms with Crippen LogP contribution in [-0.2, 0) is 12.7 Å². The van der Waals surface area contributed by atoms with Crippen LogP contribution in [0.15, 0.2) is 40.9 Å². The fourth-order valence-corrected chi connectivity index (χ4v) is 2.08. The van der Waals surface area contributed by atoms with Gasteiger partial charge in [-0.25, -0.2) is 8.78 Å². The number of alkyl halides is 3. The zero-order chi connectivity index (χ0) is 15.6. The second-order valence-electron chi connectivity index (χ2n) is 4.28. The number of anilines is 1. The van der Waals surface area contributed by atoms with Crippen LogP contribution in [0.3, 0.4) is 0 Å². The molecule has 0 fully saturated rings. The minimum absolute atomic E-state index is 0.0635. The molecular weight excluding hydrogens is 357 g/mol. The second kappa shape index (κ2) is 6.01. The fourth-order valence-electron chi connectivity index (χ4n) is 1.69. The molecule has 2 aromatic rings. The van der Waals surface area contributed by atoms with Gasteiger partial charge in [-0.2, -0.15) is 13.2 Å². The Hall–Kier alpha value is -1.63. The van der Waals surface area contributed by atoms with Crippen LogP contribution in [0.2, 0.25) is 0 Å². The maximum absolute atomic E-state index is 13.5. The van der Waals surface area contributed by atoms with E-state index in [1.807, 2.05) is 0 Å². The molecule has 0 amide bonds. The summed E-state index contributed by atoms with van der Waals surface area (Å²) >= 11 is 3.12. The molecule has 7 heteroatoms. The summed E-state index contributed by atoms with van der Waals surface area (Å²) < 4.78 is 64.5. The number of halogens is 6. The Morgan fingerprint density at radius 2 is 1.71 bits per heavy atom. The van der Waals surface area contributed by atoms with Crippen molar-refractivity contribution in [1.29, 1.82) is 0 Å². The van der Waals surface area contributed by atoms with Gasteiger partial charge in [0.25, 0.3) is 0 Å². The highest BCUT2D eigenvalue weighted by atomic mass is 79.9. The van der Waals surface area contributed by atoms with Crippen LogP contribution in [0, 0.1) is 11.6 Å². The van der Waals surface area contributed by atoms with Gasteiger partial charge in [0, 0.05) is 28.3 Å². The number of rotatable bonds is 3. The predicted octanol–water partition coefficient (Wildman–Crippen LogP) is 5.36. The van der Waals surface area contributed by atoms with Crippen molar-refractivity contribution in [1.82, 2.24) is 0 Å². The molecule has 0 bridgehead atoms. The van der Waals surface area contributed by atoms with Crippen molar-refractivity contribution < 1.29 is 22.0 Å². The molecule has 0 aromatic heterocycles. The van der Waals surface area contributed by atoms with Gasteiger partial charge >= 0.3 is 6.18 Å². The molecule has 0 radical (unpaired) electrons. The van der Waals surface area contributed by atoms with Gasteiger partial charge < -0.3 is 5.32 Å². The Kier molecular flexibility index (Phi) is 4.51. The van der Waals surface area contributed by atoms with Gasteiger partial charge in [-0.15, -0.1) is 0 Å². The SMILES string of the molecule is Fc1ccc(CNc2cc(C(F)(F)F)ccc2Br)c(F)c1. The Balaban J connectivity index is 2.19. The Bertz CT molecular complexity index is 654. The molecule has 0 saturated heterocycles. The van der Waals surface area contributed by atoms with E-state index in [-0.39, 0.29) is 17.8 Å². The van der Waals surface area contributed by atoms with Crippen LogP contribution in [0.4, 0.5) is 27.6 Å². The molecular formula is C14H9BrF5N. The van der Waals surface area contributed by atoms with Crippen LogP contribution < -0.4 is 5.32 Å². The van der Waals surface area contributed by atoms with Crippen molar-refractivity contribution in [3.8, 4) is 0 Å². The highest BCUT2D eigenvalue weighted by Crippen LogP contribution is 2.34. The number of benzene rings is 2. The minimum Gasteiger partial charge on any atom is -0.380 e. The summed E-state index contributed by atoms with van der Waals surface area (Å²) in [5.41, 5.74) is -0.484. The third kappa shape index (κ3) is 3.93. The lowest BCUT2D eigenvalue weighted by Gasteiger charge is -2.13. The molecule has 0 aliphatic rings. The smallest absolute Gasteiger partial charge is 0.380 e. The van der Waals surface area contributed by atoms with Crippen LogP contribution in [0.5, 0.6) is 0 Å². The molecule has 0 saturated carbocycles. The van der Waals surface area contributed by atoms with Crippen LogP contribution in [-0.4, -0.2) is 0 Å². The molecule has 0 aliphatic heterocycles. The van der Waals surface area contributed by atoms with Crippen LogP contribution in [0.1, 0.15) is 11.1 Å². The van der Waals surface area contributed by atoms with E-state index in [1.54, 1.807) is 0 Å². The molecule has 0 atom stereocenters. The average Bonchev–Trinajstić information content (AvgIpc) is 2.38. The zero-order valence-corrected chi connectivity index (χ0v) is 12.0. The molecule has 21 heavy (non-hydrogen) atoms. The molecule has 1 N–H and O–H groups in total. The molecule has 0 heterocycles. The third-order valence-electron chi connectivity index (χ3n) is 2.78. The predicted molar refractivity (Wildman–Crippen MR) is 72.8 cm³/mol. The first-order valence-electron chi connectivity index (χ1n) is 5.82. The van der Waals surface area contributed by atoms with Crippen LogP contribution >= 0.6 is 15.9 Å². The lowest BCUT2D eigenvalue weighted by Crippen LogP contribution is -2.07. The Morgan fingerprint density at radius 1 is 1.00 bits per heavy atom. The van der Waals surface area contributed by atoms with Crippen molar-refractivity contribution >= 4 is 21.6 Å². The molecule has 0 spiro atoms. The fraction of sp³-hybridized carbons (Fsp3) is 0.143. The summed E-state index contributed by atoms with van der Waals surface area (Å²) in [6.07, 6.45) is -4.46. The summed E-state index contributed by atoms with van der Waals surface area (Å²) in [7, 11) is 0. The maximum atomic E-state index is 13.5. The summed E-state index contributed by atoms with van der Waals surface area (Å²) in [5, 5.41) is 2.69. The first-order chi connectivity index (χ1) is 9.77. The van der Waals surface area contributed by atoms with E-state index in [9.17, 15) is 22.0 Å². The van der Waals surface area contributed by atoms with Gasteiger partial charge in [0.1, 0.15) is 11.6 Å². The van der Waals surface area contributed by atoms with Gasteiger partial charge in [-0.1, -0.05) is 6.07 Å². The van der Waals surface area contributed by atoms with E-state index in [0.717, 1.165) is 24.3 Å². The van der Waals surface area contributed by atoms with Crippen LogP contribution in [0.25, 0.3) is 0 Å². The van der Waals surface area contributed by atoms with E-state index >= 15 is 0 Å². The monoisotopic (exact) mass is 365 g/mol. The Labute approximate surface area is 125 Å². The minimum atomic E-state index is -4.46. The maximum Gasteiger partial charge on any atom is 0.416 e. The van der Waals surface area contributed by atoms with Gasteiger partial charge in [0.2, 0.25) is 0 Å². The average molecular weight is 366 g/mol.